The predicted octanol–water partition coefficient (Wildman–Crippen LogP) is 2.10. The van der Waals surface area contributed by atoms with Gasteiger partial charge in [0.25, 0.3) is 0 Å². The van der Waals surface area contributed by atoms with Crippen molar-refractivity contribution >= 4 is 23.2 Å². The zero-order valence-corrected chi connectivity index (χ0v) is 6.62. The Kier molecular flexibility index (Phi) is 2.25. The Morgan fingerprint density at radius 1 is 1.33 bits per heavy atom. The van der Waals surface area contributed by atoms with Crippen LogP contribution in [0.1, 0.15) is 25.7 Å². The SMILES string of the molecule is OC1CCCCC1(Cl)Cl. The normalized spacial score (nSPS) is 34.3. The molecule has 0 heterocycles. The molecule has 0 amide bonds. The highest BCUT2D eigenvalue weighted by Crippen LogP contribution is 2.37. The minimum atomic E-state index is -0.863. The first-order valence-electron chi connectivity index (χ1n) is 3.19. The lowest BCUT2D eigenvalue weighted by Gasteiger charge is -2.29. The number of aliphatic hydroxyl groups excluding tert-OH is 1. The molecule has 1 unspecified atom stereocenters. The fraction of sp³-hybridized carbons (Fsp3) is 1.00. The highest BCUT2D eigenvalue weighted by molar-refractivity contribution is 6.48. The average molecular weight is 169 g/mol. The van der Waals surface area contributed by atoms with Crippen LogP contribution in [0.5, 0.6) is 0 Å². The largest absolute Gasteiger partial charge is 0.390 e. The van der Waals surface area contributed by atoms with Crippen LogP contribution in [0.15, 0.2) is 0 Å². The number of hydrogen-bond donors (Lipinski definition) is 1. The van der Waals surface area contributed by atoms with Crippen LogP contribution in [0.3, 0.4) is 0 Å². The maximum atomic E-state index is 9.17. The van der Waals surface area contributed by atoms with Gasteiger partial charge < -0.3 is 5.11 Å². The summed E-state index contributed by atoms with van der Waals surface area (Å²) >= 11 is 11.5. The molecule has 1 saturated carbocycles. The van der Waals surface area contributed by atoms with Crippen LogP contribution in [0.2, 0.25) is 0 Å². The third kappa shape index (κ3) is 1.73. The molecule has 3 heteroatoms. The number of halogens is 2. The molecule has 1 atom stereocenters. The molecule has 0 spiro atoms. The lowest BCUT2D eigenvalue weighted by Crippen LogP contribution is -2.34. The number of aliphatic hydroxyl groups is 1. The predicted molar refractivity (Wildman–Crippen MR) is 38.9 cm³/mol. The quantitative estimate of drug-likeness (QED) is 0.550. The van der Waals surface area contributed by atoms with Gasteiger partial charge in [-0.3, -0.25) is 0 Å². The Morgan fingerprint density at radius 2 is 2.00 bits per heavy atom. The molecule has 54 valence electrons. The second kappa shape index (κ2) is 2.65. The Balaban J connectivity index is 2.49. The fourth-order valence-corrected chi connectivity index (χ4v) is 1.56. The smallest absolute Gasteiger partial charge is 0.143 e. The van der Waals surface area contributed by atoms with E-state index < -0.39 is 10.4 Å². The molecule has 9 heavy (non-hydrogen) atoms. The molecule has 0 aromatic carbocycles. The number of hydrogen-bond acceptors (Lipinski definition) is 1. The van der Waals surface area contributed by atoms with E-state index in [1.165, 1.54) is 0 Å². The summed E-state index contributed by atoms with van der Waals surface area (Å²) in [5.41, 5.74) is 0. The van der Waals surface area contributed by atoms with E-state index in [0.29, 0.717) is 0 Å². The van der Waals surface area contributed by atoms with Gasteiger partial charge in [-0.25, -0.2) is 0 Å². The second-order valence-corrected chi connectivity index (χ2v) is 4.06. The van der Waals surface area contributed by atoms with Gasteiger partial charge in [0, 0.05) is 0 Å². The van der Waals surface area contributed by atoms with Gasteiger partial charge in [-0.05, 0) is 12.8 Å². The molecule has 0 aromatic heterocycles. The van der Waals surface area contributed by atoms with E-state index in [9.17, 15) is 5.11 Å². The van der Waals surface area contributed by atoms with Crippen molar-refractivity contribution in [3.8, 4) is 0 Å². The van der Waals surface area contributed by atoms with Crippen LogP contribution >= 0.6 is 23.2 Å². The van der Waals surface area contributed by atoms with Crippen LogP contribution in [-0.4, -0.2) is 15.5 Å². The van der Waals surface area contributed by atoms with Gasteiger partial charge >= 0.3 is 0 Å². The summed E-state index contributed by atoms with van der Waals surface area (Å²) in [6.07, 6.45) is 3.02. The summed E-state index contributed by atoms with van der Waals surface area (Å²) in [5, 5.41) is 9.17. The van der Waals surface area contributed by atoms with Crippen molar-refractivity contribution in [2.45, 2.75) is 36.1 Å². The first-order valence-corrected chi connectivity index (χ1v) is 3.94. The standard InChI is InChI=1S/C6H10Cl2O/c7-6(8)4-2-1-3-5(6)9/h5,9H,1-4H2. The third-order valence-corrected chi connectivity index (χ3v) is 2.61. The average Bonchev–Trinajstić information content (AvgIpc) is 1.77. The van der Waals surface area contributed by atoms with E-state index in [0.717, 1.165) is 25.7 Å². The molecular weight excluding hydrogens is 159 g/mol. The van der Waals surface area contributed by atoms with Gasteiger partial charge in [-0.1, -0.05) is 36.0 Å². The van der Waals surface area contributed by atoms with E-state index in [-0.39, 0.29) is 0 Å². The van der Waals surface area contributed by atoms with E-state index in [1.54, 1.807) is 0 Å². The monoisotopic (exact) mass is 168 g/mol. The molecule has 0 aromatic rings. The molecule has 1 fully saturated rings. The molecule has 1 rings (SSSR count). The first-order chi connectivity index (χ1) is 4.13. The minimum Gasteiger partial charge on any atom is -0.390 e. The van der Waals surface area contributed by atoms with Crippen molar-refractivity contribution in [1.82, 2.24) is 0 Å². The number of rotatable bonds is 0. The van der Waals surface area contributed by atoms with Crippen LogP contribution in [0.4, 0.5) is 0 Å². The maximum absolute atomic E-state index is 9.17. The fourth-order valence-electron chi connectivity index (χ4n) is 1.08. The van der Waals surface area contributed by atoms with Crippen molar-refractivity contribution in [2.75, 3.05) is 0 Å². The van der Waals surface area contributed by atoms with E-state index in [4.69, 9.17) is 23.2 Å². The van der Waals surface area contributed by atoms with Crippen molar-refractivity contribution in [2.24, 2.45) is 0 Å². The Hall–Kier alpha value is 0.540. The molecule has 0 radical (unpaired) electrons. The molecular formula is C6H10Cl2O. The van der Waals surface area contributed by atoms with Crippen LogP contribution in [0, 0.1) is 0 Å². The highest BCUT2D eigenvalue weighted by atomic mass is 35.5. The molecule has 1 N–H and O–H groups in total. The van der Waals surface area contributed by atoms with Crippen molar-refractivity contribution < 1.29 is 5.11 Å². The lowest BCUT2D eigenvalue weighted by atomic mass is 9.97. The Bertz CT molecular complexity index is 103. The molecule has 0 saturated heterocycles. The van der Waals surface area contributed by atoms with Crippen LogP contribution in [0.25, 0.3) is 0 Å². The van der Waals surface area contributed by atoms with Gasteiger partial charge in [0.2, 0.25) is 0 Å². The van der Waals surface area contributed by atoms with Gasteiger partial charge in [-0.2, -0.15) is 0 Å². The molecule has 1 aliphatic rings. The zero-order valence-electron chi connectivity index (χ0n) is 5.11. The van der Waals surface area contributed by atoms with E-state index in [1.807, 2.05) is 0 Å². The Labute approximate surface area is 65.0 Å². The van der Waals surface area contributed by atoms with Gasteiger partial charge in [0.1, 0.15) is 4.33 Å². The molecule has 0 aliphatic heterocycles. The third-order valence-electron chi connectivity index (χ3n) is 1.73. The topological polar surface area (TPSA) is 20.2 Å². The Morgan fingerprint density at radius 3 is 2.33 bits per heavy atom. The second-order valence-electron chi connectivity index (χ2n) is 2.52. The summed E-state index contributed by atoms with van der Waals surface area (Å²) in [4.78, 5) is 0. The maximum Gasteiger partial charge on any atom is 0.143 e. The van der Waals surface area contributed by atoms with Crippen molar-refractivity contribution in [1.29, 1.82) is 0 Å². The van der Waals surface area contributed by atoms with E-state index in [2.05, 4.69) is 0 Å². The zero-order chi connectivity index (χ0) is 6.91. The van der Waals surface area contributed by atoms with Gasteiger partial charge in [0.05, 0.1) is 6.10 Å². The molecule has 1 nitrogen and oxygen atoms in total. The summed E-state index contributed by atoms with van der Waals surface area (Å²) in [6, 6.07) is 0. The highest BCUT2D eigenvalue weighted by Gasteiger charge is 2.35. The molecule has 1 aliphatic carbocycles. The van der Waals surface area contributed by atoms with Gasteiger partial charge in [0.15, 0.2) is 0 Å². The summed E-state index contributed by atoms with van der Waals surface area (Å²) < 4.78 is -0.863. The van der Waals surface area contributed by atoms with E-state index >= 15 is 0 Å². The lowest BCUT2D eigenvalue weighted by molar-refractivity contribution is 0.120. The first kappa shape index (κ1) is 7.64. The van der Waals surface area contributed by atoms with Crippen molar-refractivity contribution in [3.63, 3.8) is 0 Å². The van der Waals surface area contributed by atoms with Crippen molar-refractivity contribution in [3.05, 3.63) is 0 Å². The number of alkyl halides is 2. The van der Waals surface area contributed by atoms with Crippen LogP contribution < -0.4 is 0 Å². The summed E-state index contributed by atoms with van der Waals surface area (Å²) in [6.45, 7) is 0. The minimum absolute atomic E-state index is 0.519. The molecule has 0 bridgehead atoms. The summed E-state index contributed by atoms with van der Waals surface area (Å²) in [5.74, 6) is 0. The summed E-state index contributed by atoms with van der Waals surface area (Å²) in [7, 11) is 0. The van der Waals surface area contributed by atoms with Gasteiger partial charge in [-0.15, -0.1) is 0 Å². The van der Waals surface area contributed by atoms with Crippen LogP contribution in [-0.2, 0) is 0 Å².